The largest absolute Gasteiger partial charge is 0.465 e. The maximum absolute atomic E-state index is 12.7. The zero-order chi connectivity index (χ0) is 23.1. The highest BCUT2D eigenvalue weighted by Crippen LogP contribution is 2.34. The SMILES string of the molecule is CCCCOC(=O)C1CC=C(CCC=C(C)CCC=C(C)C)CC1C(=O)OCCCC. The van der Waals surface area contributed by atoms with E-state index in [4.69, 9.17) is 9.47 Å². The predicted molar refractivity (Wildman–Crippen MR) is 128 cm³/mol. The molecule has 0 heterocycles. The van der Waals surface area contributed by atoms with Crippen LogP contribution in [0.5, 0.6) is 0 Å². The summed E-state index contributed by atoms with van der Waals surface area (Å²) in [5.41, 5.74) is 4.02. The van der Waals surface area contributed by atoms with E-state index in [-0.39, 0.29) is 11.9 Å². The van der Waals surface area contributed by atoms with Crippen molar-refractivity contribution >= 4 is 11.9 Å². The van der Waals surface area contributed by atoms with E-state index in [0.717, 1.165) is 51.4 Å². The third kappa shape index (κ3) is 11.4. The Kier molecular flexibility index (Phi) is 13.9. The summed E-state index contributed by atoms with van der Waals surface area (Å²) in [4.78, 5) is 25.3. The van der Waals surface area contributed by atoms with Crippen LogP contribution >= 0.6 is 0 Å². The minimum absolute atomic E-state index is 0.245. The number of esters is 2. The second-order valence-electron chi connectivity index (χ2n) is 8.97. The van der Waals surface area contributed by atoms with Crippen LogP contribution in [0.15, 0.2) is 34.9 Å². The molecule has 0 fully saturated rings. The van der Waals surface area contributed by atoms with Crippen LogP contribution in [0.25, 0.3) is 0 Å². The molecule has 0 saturated heterocycles. The number of hydrogen-bond acceptors (Lipinski definition) is 4. The molecule has 4 heteroatoms. The standard InChI is InChI=1S/C27H44O4/c1-6-8-18-30-26(28)24-17-16-23(20-25(24)27(29)31-19-9-7-2)15-11-14-22(5)13-10-12-21(3)4/h12,14,16,24-25H,6-11,13,15,17-20H2,1-5H3. The lowest BCUT2D eigenvalue weighted by atomic mass is 9.78. The van der Waals surface area contributed by atoms with Gasteiger partial charge in [-0.05, 0) is 72.1 Å². The fraction of sp³-hybridized carbons (Fsp3) is 0.704. The zero-order valence-electron chi connectivity index (χ0n) is 20.5. The minimum atomic E-state index is -0.422. The normalized spacial score (nSPS) is 18.9. The summed E-state index contributed by atoms with van der Waals surface area (Å²) in [6.45, 7) is 11.4. The first-order valence-corrected chi connectivity index (χ1v) is 12.2. The summed E-state index contributed by atoms with van der Waals surface area (Å²) in [6.07, 6.45) is 15.6. The number of unbranched alkanes of at least 4 members (excludes halogenated alkanes) is 2. The Morgan fingerprint density at radius 2 is 1.55 bits per heavy atom. The van der Waals surface area contributed by atoms with Crippen molar-refractivity contribution in [3.63, 3.8) is 0 Å². The highest BCUT2D eigenvalue weighted by molar-refractivity contribution is 5.83. The smallest absolute Gasteiger partial charge is 0.310 e. The van der Waals surface area contributed by atoms with Crippen molar-refractivity contribution in [3.8, 4) is 0 Å². The Hall–Kier alpha value is -1.84. The Morgan fingerprint density at radius 3 is 2.13 bits per heavy atom. The van der Waals surface area contributed by atoms with Gasteiger partial charge in [0.15, 0.2) is 0 Å². The first-order chi connectivity index (χ1) is 14.9. The molecule has 0 aliphatic heterocycles. The third-order valence-corrected chi connectivity index (χ3v) is 5.77. The van der Waals surface area contributed by atoms with Crippen molar-refractivity contribution in [1.82, 2.24) is 0 Å². The van der Waals surface area contributed by atoms with Gasteiger partial charge in [0, 0.05) is 0 Å². The van der Waals surface area contributed by atoms with Gasteiger partial charge in [-0.3, -0.25) is 9.59 Å². The van der Waals surface area contributed by atoms with E-state index in [1.165, 1.54) is 16.7 Å². The summed E-state index contributed by atoms with van der Waals surface area (Å²) >= 11 is 0. The Bertz CT molecular complexity index is 638. The van der Waals surface area contributed by atoms with Gasteiger partial charge in [0.1, 0.15) is 0 Å². The number of ether oxygens (including phenoxy) is 2. The highest BCUT2D eigenvalue weighted by atomic mass is 16.5. The fourth-order valence-electron chi connectivity index (χ4n) is 3.72. The van der Waals surface area contributed by atoms with Gasteiger partial charge in [-0.25, -0.2) is 0 Å². The molecule has 4 nitrogen and oxygen atoms in total. The molecule has 0 radical (unpaired) electrons. The summed E-state index contributed by atoms with van der Waals surface area (Å²) in [5, 5.41) is 0. The van der Waals surface area contributed by atoms with Gasteiger partial charge in [-0.15, -0.1) is 0 Å². The first kappa shape index (κ1) is 27.2. The van der Waals surface area contributed by atoms with Crippen molar-refractivity contribution in [2.24, 2.45) is 11.8 Å². The van der Waals surface area contributed by atoms with E-state index >= 15 is 0 Å². The number of carbonyl (C=O) groups is 2. The van der Waals surface area contributed by atoms with E-state index in [1.54, 1.807) is 0 Å². The lowest BCUT2D eigenvalue weighted by Crippen LogP contribution is -2.35. The molecule has 1 rings (SSSR count). The molecule has 0 spiro atoms. The molecular weight excluding hydrogens is 388 g/mol. The lowest BCUT2D eigenvalue weighted by Gasteiger charge is -2.28. The summed E-state index contributed by atoms with van der Waals surface area (Å²) < 4.78 is 10.9. The average Bonchev–Trinajstić information content (AvgIpc) is 2.73. The van der Waals surface area contributed by atoms with E-state index in [9.17, 15) is 9.59 Å². The first-order valence-electron chi connectivity index (χ1n) is 12.2. The number of carbonyl (C=O) groups excluding carboxylic acids is 2. The molecule has 31 heavy (non-hydrogen) atoms. The van der Waals surface area contributed by atoms with Crippen LogP contribution in [0.4, 0.5) is 0 Å². The molecule has 0 aromatic rings. The molecule has 1 aliphatic rings. The van der Waals surface area contributed by atoms with Crippen molar-refractivity contribution < 1.29 is 19.1 Å². The van der Waals surface area contributed by atoms with Crippen LogP contribution in [-0.4, -0.2) is 25.2 Å². The average molecular weight is 433 g/mol. The summed E-state index contributed by atoms with van der Waals surface area (Å²) in [7, 11) is 0. The molecule has 2 atom stereocenters. The number of rotatable bonds is 14. The second-order valence-corrected chi connectivity index (χ2v) is 8.97. The lowest BCUT2D eigenvalue weighted by molar-refractivity contribution is -0.161. The molecule has 0 aromatic heterocycles. The number of allylic oxidation sites excluding steroid dienone is 6. The van der Waals surface area contributed by atoms with Gasteiger partial charge >= 0.3 is 11.9 Å². The zero-order valence-corrected chi connectivity index (χ0v) is 20.5. The van der Waals surface area contributed by atoms with Crippen LogP contribution in [0.2, 0.25) is 0 Å². The predicted octanol–water partition coefficient (Wildman–Crippen LogP) is 7.10. The van der Waals surface area contributed by atoms with Crippen LogP contribution < -0.4 is 0 Å². The van der Waals surface area contributed by atoms with Gasteiger partial charge < -0.3 is 9.47 Å². The second kappa shape index (κ2) is 15.9. The molecule has 1 aliphatic carbocycles. The van der Waals surface area contributed by atoms with Crippen molar-refractivity contribution in [3.05, 3.63) is 34.9 Å². The minimum Gasteiger partial charge on any atom is -0.465 e. The molecule has 176 valence electrons. The van der Waals surface area contributed by atoms with Crippen molar-refractivity contribution in [2.45, 2.75) is 98.8 Å². The van der Waals surface area contributed by atoms with Gasteiger partial charge in [0.05, 0.1) is 25.0 Å². The van der Waals surface area contributed by atoms with Crippen LogP contribution in [0, 0.1) is 11.8 Å². The Balaban J connectivity index is 2.69. The molecule has 0 bridgehead atoms. The van der Waals surface area contributed by atoms with Gasteiger partial charge in [0.25, 0.3) is 0 Å². The monoisotopic (exact) mass is 432 g/mol. The van der Waals surface area contributed by atoms with E-state index in [1.807, 2.05) is 0 Å². The van der Waals surface area contributed by atoms with E-state index in [2.05, 4.69) is 52.8 Å². The van der Waals surface area contributed by atoms with Crippen molar-refractivity contribution in [1.29, 1.82) is 0 Å². The van der Waals surface area contributed by atoms with E-state index in [0.29, 0.717) is 26.1 Å². The maximum atomic E-state index is 12.7. The van der Waals surface area contributed by atoms with Crippen LogP contribution in [-0.2, 0) is 19.1 Å². The summed E-state index contributed by atoms with van der Waals surface area (Å²) in [5.74, 6) is -1.34. The summed E-state index contributed by atoms with van der Waals surface area (Å²) in [6, 6.07) is 0. The molecule has 0 saturated carbocycles. The third-order valence-electron chi connectivity index (χ3n) is 5.77. The highest BCUT2D eigenvalue weighted by Gasteiger charge is 2.38. The quantitative estimate of drug-likeness (QED) is 0.167. The van der Waals surface area contributed by atoms with Gasteiger partial charge in [-0.2, -0.15) is 0 Å². The number of hydrogen-bond donors (Lipinski definition) is 0. The maximum Gasteiger partial charge on any atom is 0.310 e. The topological polar surface area (TPSA) is 52.6 Å². The molecule has 0 N–H and O–H groups in total. The van der Waals surface area contributed by atoms with Crippen LogP contribution in [0.1, 0.15) is 98.8 Å². The van der Waals surface area contributed by atoms with Gasteiger partial charge in [-0.1, -0.05) is 61.6 Å². The Labute approximate surface area is 190 Å². The van der Waals surface area contributed by atoms with E-state index < -0.39 is 11.8 Å². The van der Waals surface area contributed by atoms with Gasteiger partial charge in [0.2, 0.25) is 0 Å². The molecular formula is C27H44O4. The molecule has 2 unspecified atom stereocenters. The molecule has 0 aromatic carbocycles. The van der Waals surface area contributed by atoms with Crippen molar-refractivity contribution in [2.75, 3.05) is 13.2 Å². The molecule has 0 amide bonds. The fourth-order valence-corrected chi connectivity index (χ4v) is 3.72. The van der Waals surface area contributed by atoms with Crippen LogP contribution in [0.3, 0.4) is 0 Å². The Morgan fingerprint density at radius 1 is 0.935 bits per heavy atom.